The van der Waals surface area contributed by atoms with Crippen molar-refractivity contribution in [3.8, 4) is 11.6 Å². The molecule has 1 aromatic heterocycles. The number of rotatable bonds is 6. The molecule has 0 aliphatic heterocycles. The second kappa shape index (κ2) is 12.8. The van der Waals surface area contributed by atoms with Crippen molar-refractivity contribution in [1.29, 1.82) is 0 Å². The number of benzene rings is 2. The molecule has 3 aromatic rings. The lowest BCUT2D eigenvalue weighted by Gasteiger charge is -2.20. The van der Waals surface area contributed by atoms with Crippen LogP contribution in [-0.4, -0.2) is 22.6 Å². The lowest BCUT2D eigenvalue weighted by molar-refractivity contribution is -0.141. The molecule has 0 saturated heterocycles. The van der Waals surface area contributed by atoms with Gasteiger partial charge in [0.05, 0.1) is 0 Å². The summed E-state index contributed by atoms with van der Waals surface area (Å²) in [7, 11) is 0. The number of carbonyl (C=O) groups is 2. The third-order valence-corrected chi connectivity index (χ3v) is 4.34. The minimum Gasteiger partial charge on any atom is -0.444 e. The molecule has 0 aliphatic carbocycles. The number of nitrogens with one attached hydrogen (secondary N) is 2. The van der Waals surface area contributed by atoms with Crippen LogP contribution in [0.2, 0.25) is 0 Å². The molecule has 198 valence electrons. The predicted octanol–water partition coefficient (Wildman–Crippen LogP) is 7.20. The van der Waals surface area contributed by atoms with Gasteiger partial charge in [0, 0.05) is 23.9 Å². The normalized spacial score (nSPS) is 11.0. The van der Waals surface area contributed by atoms with Gasteiger partial charge in [0.15, 0.2) is 0 Å². The average molecular weight is 518 g/mol. The van der Waals surface area contributed by atoms with E-state index >= 15 is 0 Å². The Labute approximate surface area is 214 Å². The van der Waals surface area contributed by atoms with Crippen molar-refractivity contribution in [3.05, 3.63) is 83.6 Å². The monoisotopic (exact) mass is 517 g/mol. The molecule has 0 aliphatic rings. The standard InChI is InChI=1S/C25H24F3N3O4.C2H6/c1-24(2,3)35-23(33)29-15-16-12-20(25(26,27)28)31-21(13-16)34-19-11-7-8-17(14-19)22(32)30-18-9-5-4-6-10-18;1-2/h4-14H,15H2,1-3H3,(H,29,33)(H,30,32);1-2H3. The van der Waals surface area contributed by atoms with Gasteiger partial charge in [-0.05, 0) is 62.7 Å². The fourth-order valence-electron chi connectivity index (χ4n) is 2.89. The number of aromatic nitrogens is 1. The number of alkyl carbamates (subject to hydrolysis) is 1. The topological polar surface area (TPSA) is 89.5 Å². The largest absolute Gasteiger partial charge is 0.444 e. The highest BCUT2D eigenvalue weighted by atomic mass is 19.4. The third-order valence-electron chi connectivity index (χ3n) is 4.34. The summed E-state index contributed by atoms with van der Waals surface area (Å²) in [5.74, 6) is -0.647. The van der Waals surface area contributed by atoms with E-state index in [1.54, 1.807) is 51.1 Å². The molecule has 0 radical (unpaired) electrons. The average Bonchev–Trinajstić information content (AvgIpc) is 2.83. The summed E-state index contributed by atoms with van der Waals surface area (Å²) in [6, 6.07) is 16.8. The quantitative estimate of drug-likeness (QED) is 0.361. The van der Waals surface area contributed by atoms with E-state index in [1.807, 2.05) is 19.9 Å². The number of para-hydroxylation sites is 1. The van der Waals surface area contributed by atoms with Crippen LogP contribution in [0.3, 0.4) is 0 Å². The number of ether oxygens (including phenoxy) is 2. The van der Waals surface area contributed by atoms with E-state index in [1.165, 1.54) is 24.3 Å². The smallest absolute Gasteiger partial charge is 0.433 e. The molecule has 7 nitrogen and oxygen atoms in total. The number of nitrogens with zero attached hydrogens (tertiary/aromatic N) is 1. The van der Waals surface area contributed by atoms with E-state index in [9.17, 15) is 22.8 Å². The van der Waals surface area contributed by atoms with Crippen molar-refractivity contribution in [2.45, 2.75) is 52.9 Å². The minimum absolute atomic E-state index is 0.103. The van der Waals surface area contributed by atoms with Crippen LogP contribution in [0, 0.1) is 0 Å². The summed E-state index contributed by atoms with van der Waals surface area (Å²) < 4.78 is 50.9. The van der Waals surface area contributed by atoms with E-state index in [-0.39, 0.29) is 29.3 Å². The maximum atomic E-state index is 13.4. The van der Waals surface area contributed by atoms with E-state index < -0.39 is 29.5 Å². The maximum absolute atomic E-state index is 13.4. The molecule has 3 rings (SSSR count). The summed E-state index contributed by atoms with van der Waals surface area (Å²) in [5, 5.41) is 5.13. The van der Waals surface area contributed by atoms with Gasteiger partial charge in [0.2, 0.25) is 5.88 Å². The number of hydrogen-bond donors (Lipinski definition) is 2. The summed E-state index contributed by atoms with van der Waals surface area (Å²) >= 11 is 0. The number of anilines is 1. The van der Waals surface area contributed by atoms with Gasteiger partial charge in [-0.25, -0.2) is 9.78 Å². The highest BCUT2D eigenvalue weighted by molar-refractivity contribution is 6.04. The molecular formula is C27H30F3N3O4. The Bertz CT molecular complexity index is 1190. The van der Waals surface area contributed by atoms with Crippen molar-refractivity contribution in [2.75, 3.05) is 5.32 Å². The van der Waals surface area contributed by atoms with Crippen molar-refractivity contribution in [2.24, 2.45) is 0 Å². The molecule has 0 bridgehead atoms. The third kappa shape index (κ3) is 9.83. The zero-order valence-corrected chi connectivity index (χ0v) is 21.3. The zero-order chi connectivity index (χ0) is 27.6. The van der Waals surface area contributed by atoms with Crippen LogP contribution in [0.5, 0.6) is 11.6 Å². The van der Waals surface area contributed by atoms with Crippen LogP contribution in [0.1, 0.15) is 56.2 Å². The number of halogens is 3. The lowest BCUT2D eigenvalue weighted by atomic mass is 10.2. The van der Waals surface area contributed by atoms with Crippen molar-refractivity contribution in [3.63, 3.8) is 0 Å². The number of carbonyl (C=O) groups excluding carboxylic acids is 2. The Kier molecular flexibility index (Phi) is 10.0. The lowest BCUT2D eigenvalue weighted by Crippen LogP contribution is -2.32. The van der Waals surface area contributed by atoms with Gasteiger partial charge in [-0.2, -0.15) is 13.2 Å². The van der Waals surface area contributed by atoms with Crippen LogP contribution in [0.4, 0.5) is 23.7 Å². The second-order valence-corrected chi connectivity index (χ2v) is 8.50. The predicted molar refractivity (Wildman–Crippen MR) is 135 cm³/mol. The second-order valence-electron chi connectivity index (χ2n) is 8.50. The Balaban J connectivity index is 0.00000235. The van der Waals surface area contributed by atoms with Gasteiger partial charge in [-0.1, -0.05) is 38.1 Å². The first-order chi connectivity index (χ1) is 17.4. The van der Waals surface area contributed by atoms with Gasteiger partial charge in [-0.3, -0.25) is 4.79 Å². The Morgan fingerprint density at radius 1 is 0.919 bits per heavy atom. The maximum Gasteiger partial charge on any atom is 0.433 e. The van der Waals surface area contributed by atoms with E-state index in [2.05, 4.69) is 15.6 Å². The molecule has 0 fully saturated rings. The molecule has 2 aromatic carbocycles. The summed E-state index contributed by atoms with van der Waals surface area (Å²) in [5.41, 5.74) is -1.01. The van der Waals surface area contributed by atoms with Gasteiger partial charge in [-0.15, -0.1) is 0 Å². The molecule has 37 heavy (non-hydrogen) atoms. The fourth-order valence-corrected chi connectivity index (χ4v) is 2.89. The first-order valence-electron chi connectivity index (χ1n) is 11.6. The summed E-state index contributed by atoms with van der Waals surface area (Å²) in [4.78, 5) is 27.9. The summed E-state index contributed by atoms with van der Waals surface area (Å²) in [6.07, 6.45) is -5.51. The van der Waals surface area contributed by atoms with E-state index in [4.69, 9.17) is 9.47 Å². The van der Waals surface area contributed by atoms with Crippen LogP contribution < -0.4 is 15.4 Å². The van der Waals surface area contributed by atoms with Crippen molar-refractivity contribution >= 4 is 17.7 Å². The number of alkyl halides is 3. The molecule has 0 atom stereocenters. The van der Waals surface area contributed by atoms with Crippen LogP contribution >= 0.6 is 0 Å². The number of hydrogen-bond acceptors (Lipinski definition) is 5. The Morgan fingerprint density at radius 3 is 2.22 bits per heavy atom. The number of pyridine rings is 1. The van der Waals surface area contributed by atoms with Crippen LogP contribution in [0.15, 0.2) is 66.7 Å². The van der Waals surface area contributed by atoms with Crippen molar-refractivity contribution in [1.82, 2.24) is 10.3 Å². The van der Waals surface area contributed by atoms with Crippen molar-refractivity contribution < 1.29 is 32.2 Å². The van der Waals surface area contributed by atoms with Crippen LogP contribution in [0.25, 0.3) is 0 Å². The molecule has 2 amide bonds. The molecule has 2 N–H and O–H groups in total. The molecule has 0 unspecified atom stereocenters. The van der Waals surface area contributed by atoms with Crippen LogP contribution in [-0.2, 0) is 17.5 Å². The molecular weight excluding hydrogens is 487 g/mol. The van der Waals surface area contributed by atoms with Gasteiger partial charge < -0.3 is 20.1 Å². The molecule has 0 spiro atoms. The fraction of sp³-hybridized carbons (Fsp3) is 0.296. The summed E-state index contributed by atoms with van der Waals surface area (Å²) in [6.45, 7) is 8.76. The highest BCUT2D eigenvalue weighted by Crippen LogP contribution is 2.31. The minimum atomic E-state index is -4.74. The molecule has 1 heterocycles. The first kappa shape index (κ1) is 29.2. The van der Waals surface area contributed by atoms with E-state index in [0.717, 1.165) is 6.07 Å². The Morgan fingerprint density at radius 2 is 1.59 bits per heavy atom. The van der Waals surface area contributed by atoms with Gasteiger partial charge in [0.25, 0.3) is 5.91 Å². The highest BCUT2D eigenvalue weighted by Gasteiger charge is 2.33. The van der Waals surface area contributed by atoms with E-state index in [0.29, 0.717) is 5.69 Å². The number of amides is 2. The molecule has 0 saturated carbocycles. The van der Waals surface area contributed by atoms with Gasteiger partial charge >= 0.3 is 12.3 Å². The Hall–Kier alpha value is -4.08. The molecule has 10 heteroatoms. The first-order valence-corrected chi connectivity index (χ1v) is 11.6. The SMILES string of the molecule is CC.CC(C)(C)OC(=O)NCc1cc(Oc2cccc(C(=O)Nc3ccccc3)c2)nc(C(F)(F)F)c1. The van der Waals surface area contributed by atoms with Gasteiger partial charge in [0.1, 0.15) is 17.0 Å². The zero-order valence-electron chi connectivity index (χ0n) is 21.3.